The van der Waals surface area contributed by atoms with E-state index in [0.717, 1.165) is 18.7 Å². The van der Waals surface area contributed by atoms with Gasteiger partial charge in [0.1, 0.15) is 6.10 Å². The van der Waals surface area contributed by atoms with E-state index >= 15 is 0 Å². The van der Waals surface area contributed by atoms with Gasteiger partial charge in [-0.25, -0.2) is 9.78 Å². The molecule has 5 heteroatoms. The topological polar surface area (TPSA) is 54.5 Å². The number of nitrogens with zero attached hydrogens (tertiary/aromatic N) is 2. The van der Waals surface area contributed by atoms with Crippen LogP contribution in [-0.4, -0.2) is 40.6 Å². The number of hydrogen-bond donors (Lipinski definition) is 1. The van der Waals surface area contributed by atoms with Crippen LogP contribution in [0.4, 0.5) is 4.79 Å². The lowest BCUT2D eigenvalue weighted by molar-refractivity contribution is 0.178. The summed E-state index contributed by atoms with van der Waals surface area (Å²) < 4.78 is 5.83. The summed E-state index contributed by atoms with van der Waals surface area (Å²) >= 11 is 0. The van der Waals surface area contributed by atoms with Crippen LogP contribution in [0.3, 0.4) is 0 Å². The standard InChI is InChI=1S/C15H23N3O2/c1-11-6-5-7-13(16-11)20-12-8-9-18(10-12)14(19)17-15(2,3)4/h5-7,12H,8-10H2,1-4H3,(H,17,19)/t12-/m1/s1. The number of amides is 2. The second-order valence-corrected chi connectivity index (χ2v) is 6.27. The van der Waals surface area contributed by atoms with Crippen molar-refractivity contribution in [1.82, 2.24) is 15.2 Å². The van der Waals surface area contributed by atoms with Gasteiger partial charge in [0.05, 0.1) is 6.54 Å². The number of carbonyl (C=O) groups excluding carboxylic acids is 1. The minimum Gasteiger partial charge on any atom is -0.472 e. The molecule has 110 valence electrons. The summed E-state index contributed by atoms with van der Waals surface area (Å²) in [5, 5.41) is 2.97. The van der Waals surface area contributed by atoms with Crippen LogP contribution in [0.1, 0.15) is 32.9 Å². The van der Waals surface area contributed by atoms with Gasteiger partial charge in [-0.15, -0.1) is 0 Å². The van der Waals surface area contributed by atoms with Crippen LogP contribution in [0.15, 0.2) is 18.2 Å². The molecular weight excluding hydrogens is 254 g/mol. The van der Waals surface area contributed by atoms with Crippen LogP contribution in [-0.2, 0) is 0 Å². The average molecular weight is 277 g/mol. The van der Waals surface area contributed by atoms with Crippen molar-refractivity contribution < 1.29 is 9.53 Å². The predicted molar refractivity (Wildman–Crippen MR) is 77.9 cm³/mol. The van der Waals surface area contributed by atoms with Crippen molar-refractivity contribution in [1.29, 1.82) is 0 Å². The van der Waals surface area contributed by atoms with Gasteiger partial charge in [-0.05, 0) is 33.8 Å². The summed E-state index contributed by atoms with van der Waals surface area (Å²) in [5.74, 6) is 0.632. The number of pyridine rings is 1. The summed E-state index contributed by atoms with van der Waals surface area (Å²) in [5.41, 5.74) is 0.719. The fraction of sp³-hybridized carbons (Fsp3) is 0.600. The molecule has 2 rings (SSSR count). The Morgan fingerprint density at radius 3 is 2.85 bits per heavy atom. The smallest absolute Gasteiger partial charge is 0.317 e. The molecule has 1 aliphatic heterocycles. The van der Waals surface area contributed by atoms with Gasteiger partial charge >= 0.3 is 6.03 Å². The van der Waals surface area contributed by atoms with Crippen molar-refractivity contribution in [3.8, 4) is 5.88 Å². The molecule has 0 unspecified atom stereocenters. The van der Waals surface area contributed by atoms with Gasteiger partial charge in [0.25, 0.3) is 0 Å². The molecule has 0 bridgehead atoms. The van der Waals surface area contributed by atoms with Crippen LogP contribution in [0.5, 0.6) is 5.88 Å². The Bertz CT molecular complexity index is 482. The Balaban J connectivity index is 1.88. The zero-order valence-corrected chi connectivity index (χ0v) is 12.6. The molecule has 20 heavy (non-hydrogen) atoms. The highest BCUT2D eigenvalue weighted by atomic mass is 16.5. The SMILES string of the molecule is Cc1cccc(O[C@@H]2CCN(C(=O)NC(C)(C)C)C2)n1. The number of urea groups is 1. The van der Waals surface area contributed by atoms with E-state index in [0.29, 0.717) is 12.4 Å². The molecule has 0 aliphatic carbocycles. The van der Waals surface area contributed by atoms with Gasteiger partial charge in [-0.2, -0.15) is 0 Å². The number of aromatic nitrogens is 1. The first-order valence-corrected chi connectivity index (χ1v) is 7.01. The third-order valence-corrected chi connectivity index (χ3v) is 3.06. The number of ether oxygens (including phenoxy) is 1. The summed E-state index contributed by atoms with van der Waals surface area (Å²) in [7, 11) is 0. The van der Waals surface area contributed by atoms with Crippen molar-refractivity contribution in [2.75, 3.05) is 13.1 Å². The molecular formula is C15H23N3O2. The van der Waals surface area contributed by atoms with Crippen molar-refractivity contribution in [2.45, 2.75) is 45.8 Å². The molecule has 0 aromatic carbocycles. The second kappa shape index (κ2) is 5.69. The third kappa shape index (κ3) is 4.11. The first-order valence-electron chi connectivity index (χ1n) is 7.01. The van der Waals surface area contributed by atoms with Gasteiger partial charge in [0.15, 0.2) is 0 Å². The molecule has 0 spiro atoms. The quantitative estimate of drug-likeness (QED) is 0.903. The third-order valence-electron chi connectivity index (χ3n) is 3.06. The normalized spacial score (nSPS) is 19.0. The van der Waals surface area contributed by atoms with Gasteiger partial charge < -0.3 is 15.0 Å². The molecule has 0 saturated carbocycles. The largest absolute Gasteiger partial charge is 0.472 e. The minimum absolute atomic E-state index is 0.0232. The van der Waals surface area contributed by atoms with E-state index in [-0.39, 0.29) is 17.7 Å². The lowest BCUT2D eigenvalue weighted by Crippen LogP contribution is -2.48. The molecule has 1 aromatic rings. The molecule has 5 nitrogen and oxygen atoms in total. The van der Waals surface area contributed by atoms with Crippen molar-refractivity contribution >= 4 is 6.03 Å². The monoisotopic (exact) mass is 277 g/mol. The van der Waals surface area contributed by atoms with Gasteiger partial charge in [0, 0.05) is 30.3 Å². The van der Waals surface area contributed by atoms with Gasteiger partial charge in [-0.3, -0.25) is 0 Å². The first kappa shape index (κ1) is 14.6. The molecule has 1 N–H and O–H groups in total. The van der Waals surface area contributed by atoms with Gasteiger partial charge in [-0.1, -0.05) is 6.07 Å². The second-order valence-electron chi connectivity index (χ2n) is 6.27. The van der Waals surface area contributed by atoms with E-state index in [1.807, 2.05) is 45.9 Å². The fourth-order valence-electron chi connectivity index (χ4n) is 2.16. The highest BCUT2D eigenvalue weighted by molar-refractivity contribution is 5.75. The molecule has 2 heterocycles. The Hall–Kier alpha value is -1.78. The maximum absolute atomic E-state index is 12.1. The number of likely N-dealkylation sites (tertiary alicyclic amines) is 1. The van der Waals surface area contributed by atoms with Crippen LogP contribution >= 0.6 is 0 Å². The summed E-state index contributed by atoms with van der Waals surface area (Å²) in [4.78, 5) is 18.2. The lowest BCUT2D eigenvalue weighted by Gasteiger charge is -2.25. The summed E-state index contributed by atoms with van der Waals surface area (Å²) in [6, 6.07) is 5.69. The Kier molecular flexibility index (Phi) is 4.16. The van der Waals surface area contributed by atoms with Crippen LogP contribution < -0.4 is 10.1 Å². The van der Waals surface area contributed by atoms with E-state index in [2.05, 4.69) is 10.3 Å². The molecule has 1 atom stereocenters. The van der Waals surface area contributed by atoms with Crippen LogP contribution in [0.2, 0.25) is 0 Å². The number of carbonyl (C=O) groups is 1. The van der Waals surface area contributed by atoms with Crippen molar-refractivity contribution in [2.24, 2.45) is 0 Å². The lowest BCUT2D eigenvalue weighted by atomic mass is 10.1. The van der Waals surface area contributed by atoms with E-state index in [9.17, 15) is 4.79 Å². The molecule has 1 aliphatic rings. The van der Waals surface area contributed by atoms with Gasteiger partial charge in [0.2, 0.25) is 5.88 Å². The Morgan fingerprint density at radius 2 is 2.20 bits per heavy atom. The predicted octanol–water partition coefficient (Wildman–Crippen LogP) is 2.35. The van der Waals surface area contributed by atoms with E-state index in [1.54, 1.807) is 4.90 Å². The maximum Gasteiger partial charge on any atom is 0.317 e. The summed E-state index contributed by atoms with van der Waals surface area (Å²) in [6.45, 7) is 9.20. The van der Waals surface area contributed by atoms with E-state index < -0.39 is 0 Å². The first-order chi connectivity index (χ1) is 9.33. The molecule has 1 fully saturated rings. The number of nitrogens with one attached hydrogen (secondary N) is 1. The van der Waals surface area contributed by atoms with E-state index in [4.69, 9.17) is 4.74 Å². The average Bonchev–Trinajstić information content (AvgIpc) is 2.75. The highest BCUT2D eigenvalue weighted by Crippen LogP contribution is 2.17. The highest BCUT2D eigenvalue weighted by Gasteiger charge is 2.29. The number of rotatable bonds is 2. The number of aryl methyl sites for hydroxylation is 1. The van der Waals surface area contributed by atoms with E-state index in [1.165, 1.54) is 0 Å². The summed E-state index contributed by atoms with van der Waals surface area (Å²) in [6.07, 6.45) is 0.864. The maximum atomic E-state index is 12.1. The molecule has 0 radical (unpaired) electrons. The zero-order chi connectivity index (χ0) is 14.8. The Labute approximate surface area is 120 Å². The zero-order valence-electron chi connectivity index (χ0n) is 12.6. The molecule has 1 aromatic heterocycles. The fourth-order valence-corrected chi connectivity index (χ4v) is 2.16. The molecule has 1 saturated heterocycles. The van der Waals surface area contributed by atoms with Crippen molar-refractivity contribution in [3.05, 3.63) is 23.9 Å². The van der Waals surface area contributed by atoms with Crippen LogP contribution in [0, 0.1) is 6.92 Å². The number of hydrogen-bond acceptors (Lipinski definition) is 3. The molecule has 2 amide bonds. The van der Waals surface area contributed by atoms with Crippen molar-refractivity contribution in [3.63, 3.8) is 0 Å². The minimum atomic E-state index is -0.214. The van der Waals surface area contributed by atoms with Crippen LogP contribution in [0.25, 0.3) is 0 Å². The Morgan fingerprint density at radius 1 is 1.45 bits per heavy atom.